The minimum Gasteiger partial charge on any atom is -0.480 e. The number of aromatic nitrogens is 1. The van der Waals surface area contributed by atoms with E-state index in [4.69, 9.17) is 0 Å². The van der Waals surface area contributed by atoms with Crippen molar-refractivity contribution in [2.24, 2.45) is 5.92 Å². The van der Waals surface area contributed by atoms with Gasteiger partial charge in [-0.1, -0.05) is 38.1 Å². The van der Waals surface area contributed by atoms with Crippen LogP contribution >= 0.6 is 0 Å². The van der Waals surface area contributed by atoms with Crippen LogP contribution in [-0.2, 0) is 16.0 Å². The normalized spacial score (nSPS) is 13.3. The summed E-state index contributed by atoms with van der Waals surface area (Å²) in [5, 5.41) is 21.6. The summed E-state index contributed by atoms with van der Waals surface area (Å²) in [5.41, 5.74) is 3.74. The second-order valence-electron chi connectivity index (χ2n) is 7.20. The lowest BCUT2D eigenvalue weighted by molar-refractivity contribution is -0.142. The standard InChI is InChI=1S/C21H26N2O4/c1-13(2)10-18(20(24)25)23-19(21(26)27)12-15-4-6-16(7-5-15)17-11-14(3)8-9-22-17/h4-9,11,13,18-19,23H,10,12H2,1-3H3,(H,24,25)(H,26,27). The third-order valence-corrected chi connectivity index (χ3v) is 4.31. The maximum atomic E-state index is 11.6. The van der Waals surface area contributed by atoms with Crippen molar-refractivity contribution in [2.75, 3.05) is 0 Å². The summed E-state index contributed by atoms with van der Waals surface area (Å²) in [4.78, 5) is 27.4. The number of nitrogens with zero attached hydrogens (tertiary/aromatic N) is 1. The second kappa shape index (κ2) is 9.28. The molecular weight excluding hydrogens is 344 g/mol. The second-order valence-corrected chi connectivity index (χ2v) is 7.20. The number of pyridine rings is 1. The average molecular weight is 370 g/mol. The molecule has 144 valence electrons. The van der Waals surface area contributed by atoms with Crippen LogP contribution < -0.4 is 5.32 Å². The number of carbonyl (C=O) groups is 2. The van der Waals surface area contributed by atoms with E-state index in [0.717, 1.165) is 22.4 Å². The van der Waals surface area contributed by atoms with Crippen molar-refractivity contribution >= 4 is 11.9 Å². The Morgan fingerprint density at radius 1 is 1.04 bits per heavy atom. The van der Waals surface area contributed by atoms with E-state index in [1.165, 1.54) is 0 Å². The number of hydrogen-bond acceptors (Lipinski definition) is 4. The number of carboxylic acids is 2. The smallest absolute Gasteiger partial charge is 0.321 e. The van der Waals surface area contributed by atoms with Crippen LogP contribution in [0.25, 0.3) is 11.3 Å². The van der Waals surface area contributed by atoms with Crippen LogP contribution in [0, 0.1) is 12.8 Å². The monoisotopic (exact) mass is 370 g/mol. The molecular formula is C21H26N2O4. The van der Waals surface area contributed by atoms with Crippen molar-refractivity contribution in [3.63, 3.8) is 0 Å². The minimum atomic E-state index is -1.06. The van der Waals surface area contributed by atoms with E-state index in [-0.39, 0.29) is 12.3 Å². The zero-order chi connectivity index (χ0) is 20.0. The molecule has 3 N–H and O–H groups in total. The summed E-state index contributed by atoms with van der Waals surface area (Å²) >= 11 is 0. The van der Waals surface area contributed by atoms with Crippen LogP contribution in [0.4, 0.5) is 0 Å². The number of aliphatic carboxylic acids is 2. The Kier molecular flexibility index (Phi) is 7.07. The van der Waals surface area contributed by atoms with Crippen LogP contribution in [0.2, 0.25) is 0 Å². The van der Waals surface area contributed by atoms with Gasteiger partial charge in [-0.3, -0.25) is 19.9 Å². The summed E-state index contributed by atoms with van der Waals surface area (Å²) in [6, 6.07) is 9.58. The van der Waals surface area contributed by atoms with E-state index in [0.29, 0.717) is 6.42 Å². The largest absolute Gasteiger partial charge is 0.480 e. The summed E-state index contributed by atoms with van der Waals surface area (Å²) in [6.45, 7) is 5.82. The van der Waals surface area contributed by atoms with Crippen molar-refractivity contribution in [1.29, 1.82) is 0 Å². The third-order valence-electron chi connectivity index (χ3n) is 4.31. The average Bonchev–Trinajstić information content (AvgIpc) is 2.60. The van der Waals surface area contributed by atoms with E-state index in [1.54, 1.807) is 6.20 Å². The third kappa shape index (κ3) is 6.18. The molecule has 0 amide bonds. The van der Waals surface area contributed by atoms with Gasteiger partial charge in [-0.25, -0.2) is 0 Å². The van der Waals surface area contributed by atoms with Crippen LogP contribution in [0.15, 0.2) is 42.6 Å². The van der Waals surface area contributed by atoms with Gasteiger partial charge >= 0.3 is 11.9 Å². The maximum absolute atomic E-state index is 11.6. The fourth-order valence-corrected chi connectivity index (χ4v) is 2.91. The molecule has 0 bridgehead atoms. The van der Waals surface area contributed by atoms with E-state index in [2.05, 4.69) is 10.3 Å². The minimum absolute atomic E-state index is 0.147. The molecule has 0 aliphatic heterocycles. The SMILES string of the molecule is Cc1ccnc(-c2ccc(CC(NC(CC(C)C)C(=O)O)C(=O)O)cc2)c1. The van der Waals surface area contributed by atoms with Gasteiger partial charge in [-0.2, -0.15) is 0 Å². The molecule has 0 radical (unpaired) electrons. The number of rotatable bonds is 9. The zero-order valence-corrected chi connectivity index (χ0v) is 15.8. The van der Waals surface area contributed by atoms with Gasteiger partial charge in [0.05, 0.1) is 5.69 Å². The summed E-state index contributed by atoms with van der Waals surface area (Å²) in [6.07, 6.45) is 2.33. The molecule has 1 aromatic heterocycles. The molecule has 0 saturated heterocycles. The zero-order valence-electron chi connectivity index (χ0n) is 15.8. The van der Waals surface area contributed by atoms with Gasteiger partial charge in [0.15, 0.2) is 0 Å². The molecule has 0 fully saturated rings. The number of hydrogen-bond donors (Lipinski definition) is 3. The van der Waals surface area contributed by atoms with Crippen LogP contribution in [-0.4, -0.2) is 39.2 Å². The first-order valence-corrected chi connectivity index (χ1v) is 9.00. The molecule has 0 aliphatic rings. The number of carboxylic acid groups (broad SMARTS) is 2. The molecule has 2 atom stereocenters. The number of benzene rings is 1. The predicted octanol–water partition coefficient (Wildman–Crippen LogP) is 3.14. The molecule has 0 spiro atoms. The Morgan fingerprint density at radius 3 is 2.19 bits per heavy atom. The van der Waals surface area contributed by atoms with Gasteiger partial charge in [-0.05, 0) is 48.9 Å². The Labute approximate surface area is 159 Å². The van der Waals surface area contributed by atoms with E-state index >= 15 is 0 Å². The van der Waals surface area contributed by atoms with Gasteiger partial charge in [0.2, 0.25) is 0 Å². The van der Waals surface area contributed by atoms with E-state index in [1.807, 2.05) is 57.2 Å². The van der Waals surface area contributed by atoms with E-state index in [9.17, 15) is 19.8 Å². The van der Waals surface area contributed by atoms with Gasteiger partial charge in [0.1, 0.15) is 12.1 Å². The Hall–Kier alpha value is -2.73. The molecule has 2 rings (SSSR count). The molecule has 0 saturated carbocycles. The van der Waals surface area contributed by atoms with Crippen LogP contribution in [0.1, 0.15) is 31.4 Å². The van der Waals surface area contributed by atoms with Gasteiger partial charge in [0.25, 0.3) is 0 Å². The van der Waals surface area contributed by atoms with Crippen molar-refractivity contribution in [1.82, 2.24) is 10.3 Å². The Bertz CT molecular complexity index is 787. The first-order chi connectivity index (χ1) is 12.8. The number of nitrogens with one attached hydrogen (secondary N) is 1. The Balaban J connectivity index is 2.12. The topological polar surface area (TPSA) is 99.5 Å². The highest BCUT2D eigenvalue weighted by atomic mass is 16.4. The molecule has 2 unspecified atom stereocenters. The predicted molar refractivity (Wildman–Crippen MR) is 104 cm³/mol. The van der Waals surface area contributed by atoms with Crippen molar-refractivity contribution in [2.45, 2.75) is 45.7 Å². The van der Waals surface area contributed by atoms with Gasteiger partial charge in [-0.15, -0.1) is 0 Å². The fraction of sp³-hybridized carbons (Fsp3) is 0.381. The van der Waals surface area contributed by atoms with Crippen LogP contribution in [0.3, 0.4) is 0 Å². The van der Waals surface area contributed by atoms with Crippen molar-refractivity contribution < 1.29 is 19.8 Å². The first kappa shape index (κ1) is 20.6. The highest BCUT2D eigenvalue weighted by molar-refractivity contribution is 5.77. The highest BCUT2D eigenvalue weighted by Gasteiger charge is 2.26. The first-order valence-electron chi connectivity index (χ1n) is 9.00. The van der Waals surface area contributed by atoms with Crippen molar-refractivity contribution in [3.05, 3.63) is 53.7 Å². The van der Waals surface area contributed by atoms with Gasteiger partial charge in [0, 0.05) is 11.8 Å². The summed E-state index contributed by atoms with van der Waals surface area (Å²) in [7, 11) is 0. The summed E-state index contributed by atoms with van der Waals surface area (Å²) in [5.74, 6) is -1.94. The summed E-state index contributed by atoms with van der Waals surface area (Å²) < 4.78 is 0. The van der Waals surface area contributed by atoms with E-state index < -0.39 is 24.0 Å². The molecule has 6 nitrogen and oxygen atoms in total. The lowest BCUT2D eigenvalue weighted by Crippen LogP contribution is -2.48. The molecule has 27 heavy (non-hydrogen) atoms. The lowest BCUT2D eigenvalue weighted by Gasteiger charge is -2.21. The number of aryl methyl sites for hydroxylation is 1. The maximum Gasteiger partial charge on any atom is 0.321 e. The lowest BCUT2D eigenvalue weighted by atomic mass is 9.99. The fourth-order valence-electron chi connectivity index (χ4n) is 2.91. The quantitative estimate of drug-likeness (QED) is 0.627. The highest BCUT2D eigenvalue weighted by Crippen LogP contribution is 2.19. The Morgan fingerprint density at radius 2 is 1.67 bits per heavy atom. The molecule has 0 aliphatic carbocycles. The molecule has 1 heterocycles. The van der Waals surface area contributed by atoms with Crippen molar-refractivity contribution in [3.8, 4) is 11.3 Å². The molecule has 6 heteroatoms. The molecule has 2 aromatic rings. The molecule has 1 aromatic carbocycles. The van der Waals surface area contributed by atoms with Gasteiger partial charge < -0.3 is 10.2 Å². The van der Waals surface area contributed by atoms with Crippen LogP contribution in [0.5, 0.6) is 0 Å².